The van der Waals surface area contributed by atoms with Crippen molar-refractivity contribution in [2.75, 3.05) is 38.1 Å². The van der Waals surface area contributed by atoms with Crippen molar-refractivity contribution in [1.29, 1.82) is 0 Å². The number of halogens is 1. The zero-order valence-electron chi connectivity index (χ0n) is 14.8. The smallest absolute Gasteiger partial charge is 0.165 e. The molecule has 4 rings (SSSR count). The highest BCUT2D eigenvalue weighted by atomic mass is 35.5. The Morgan fingerprint density at radius 1 is 1.04 bits per heavy atom. The number of benzene rings is 1. The van der Waals surface area contributed by atoms with Crippen molar-refractivity contribution in [3.63, 3.8) is 0 Å². The zero-order chi connectivity index (χ0) is 17.6. The molecule has 0 amide bonds. The Bertz CT molecular complexity index is 925. The van der Waals surface area contributed by atoms with E-state index in [0.29, 0.717) is 0 Å². The Labute approximate surface area is 152 Å². The first-order valence-corrected chi connectivity index (χ1v) is 8.98. The van der Waals surface area contributed by atoms with Crippen molar-refractivity contribution in [3.8, 4) is 11.1 Å². The molecular weight excluding hydrogens is 334 g/mol. The first kappa shape index (κ1) is 16.4. The lowest BCUT2D eigenvalue weighted by Crippen LogP contribution is -2.45. The first-order chi connectivity index (χ1) is 12.0. The summed E-state index contributed by atoms with van der Waals surface area (Å²) < 4.78 is 1.98. The normalized spacial score (nSPS) is 15.9. The Morgan fingerprint density at radius 2 is 1.76 bits per heavy atom. The fourth-order valence-electron chi connectivity index (χ4n) is 3.47. The van der Waals surface area contributed by atoms with Gasteiger partial charge in [0.25, 0.3) is 0 Å². The highest BCUT2D eigenvalue weighted by Gasteiger charge is 2.22. The van der Waals surface area contributed by atoms with Crippen LogP contribution >= 0.6 is 11.6 Å². The summed E-state index contributed by atoms with van der Waals surface area (Å²) >= 11 is 6.45. The minimum Gasteiger partial charge on any atom is -0.354 e. The van der Waals surface area contributed by atoms with Crippen LogP contribution in [-0.4, -0.2) is 52.7 Å². The molecule has 0 unspecified atom stereocenters. The van der Waals surface area contributed by atoms with Gasteiger partial charge in [-0.05, 0) is 27.0 Å². The molecule has 130 valence electrons. The Morgan fingerprint density at radius 3 is 2.48 bits per heavy atom. The molecule has 0 atom stereocenters. The quantitative estimate of drug-likeness (QED) is 0.705. The minimum atomic E-state index is 0.727. The van der Waals surface area contributed by atoms with E-state index < -0.39 is 0 Å². The maximum atomic E-state index is 6.45. The summed E-state index contributed by atoms with van der Waals surface area (Å²) in [4.78, 5) is 9.53. The molecule has 25 heavy (non-hydrogen) atoms. The van der Waals surface area contributed by atoms with Crippen molar-refractivity contribution < 1.29 is 0 Å². The summed E-state index contributed by atoms with van der Waals surface area (Å²) in [5.41, 5.74) is 4.82. The van der Waals surface area contributed by atoms with E-state index in [1.807, 2.05) is 42.6 Å². The Kier molecular flexibility index (Phi) is 4.13. The van der Waals surface area contributed by atoms with Gasteiger partial charge in [0.15, 0.2) is 5.65 Å². The molecule has 0 N–H and O–H groups in total. The molecule has 1 aliphatic heterocycles. The molecular formula is C19H22ClN5. The largest absolute Gasteiger partial charge is 0.354 e. The molecule has 0 saturated carbocycles. The minimum absolute atomic E-state index is 0.727. The molecule has 3 heterocycles. The number of likely N-dealkylation sites (N-methyl/N-ethyl adjacent to an activating group) is 1. The number of hydrogen-bond donors (Lipinski definition) is 0. The first-order valence-electron chi connectivity index (χ1n) is 8.60. The highest BCUT2D eigenvalue weighted by Crippen LogP contribution is 2.34. The lowest BCUT2D eigenvalue weighted by Gasteiger charge is -2.34. The monoisotopic (exact) mass is 355 g/mol. The van der Waals surface area contributed by atoms with Crippen LogP contribution in [0.5, 0.6) is 0 Å². The fourth-order valence-corrected chi connectivity index (χ4v) is 3.70. The van der Waals surface area contributed by atoms with E-state index >= 15 is 0 Å². The van der Waals surface area contributed by atoms with E-state index in [2.05, 4.69) is 22.9 Å². The van der Waals surface area contributed by atoms with Gasteiger partial charge in [-0.2, -0.15) is 9.61 Å². The summed E-state index contributed by atoms with van der Waals surface area (Å²) in [5, 5.41) is 5.53. The second-order valence-corrected chi connectivity index (χ2v) is 7.13. The van der Waals surface area contributed by atoms with E-state index in [0.717, 1.165) is 65.2 Å². The van der Waals surface area contributed by atoms with Crippen LogP contribution in [0.3, 0.4) is 0 Å². The fraction of sp³-hybridized carbons (Fsp3) is 0.368. The number of anilines is 1. The second-order valence-electron chi connectivity index (χ2n) is 6.72. The molecule has 3 aromatic rings. The van der Waals surface area contributed by atoms with Crippen molar-refractivity contribution >= 4 is 23.1 Å². The van der Waals surface area contributed by atoms with Gasteiger partial charge >= 0.3 is 0 Å². The van der Waals surface area contributed by atoms with Crippen LogP contribution in [0.1, 0.15) is 11.4 Å². The molecule has 0 radical (unpaired) electrons. The number of fused-ring (bicyclic) bond motifs is 1. The number of piperazine rings is 1. The summed E-state index contributed by atoms with van der Waals surface area (Å²) in [7, 11) is 2.16. The summed E-state index contributed by atoms with van der Waals surface area (Å²) in [6.45, 7) is 8.17. The molecule has 1 saturated heterocycles. The third kappa shape index (κ3) is 2.87. The van der Waals surface area contributed by atoms with Crippen LogP contribution < -0.4 is 4.90 Å². The van der Waals surface area contributed by atoms with Crippen molar-refractivity contribution in [2.45, 2.75) is 13.8 Å². The van der Waals surface area contributed by atoms with Crippen LogP contribution in [0.15, 0.2) is 30.3 Å². The van der Waals surface area contributed by atoms with Crippen LogP contribution in [0.2, 0.25) is 5.02 Å². The highest BCUT2D eigenvalue weighted by molar-refractivity contribution is 6.33. The van der Waals surface area contributed by atoms with Gasteiger partial charge in [-0.15, -0.1) is 0 Å². The van der Waals surface area contributed by atoms with E-state index in [1.54, 1.807) is 0 Å². The maximum absolute atomic E-state index is 6.45. The molecule has 1 fully saturated rings. The molecule has 6 heteroatoms. The summed E-state index contributed by atoms with van der Waals surface area (Å²) in [6, 6.07) is 10.0. The SMILES string of the molecule is Cc1cc(N2CCN(C)CC2)n2nc(C)c(-c3ccccc3Cl)c2n1. The summed E-state index contributed by atoms with van der Waals surface area (Å²) in [5.74, 6) is 1.11. The molecule has 0 spiro atoms. The molecule has 1 aliphatic rings. The van der Waals surface area contributed by atoms with Crippen LogP contribution in [0, 0.1) is 13.8 Å². The van der Waals surface area contributed by atoms with Gasteiger partial charge < -0.3 is 9.80 Å². The molecule has 5 nitrogen and oxygen atoms in total. The third-order valence-electron chi connectivity index (χ3n) is 4.84. The van der Waals surface area contributed by atoms with E-state index in [1.165, 1.54) is 0 Å². The van der Waals surface area contributed by atoms with Gasteiger partial charge in [-0.3, -0.25) is 0 Å². The predicted molar refractivity (Wildman–Crippen MR) is 103 cm³/mol. The van der Waals surface area contributed by atoms with E-state index in [-0.39, 0.29) is 0 Å². The molecule has 0 aliphatic carbocycles. The number of hydrogen-bond acceptors (Lipinski definition) is 4. The van der Waals surface area contributed by atoms with Crippen molar-refractivity contribution in [1.82, 2.24) is 19.5 Å². The molecule has 2 aromatic heterocycles. The van der Waals surface area contributed by atoms with Crippen molar-refractivity contribution in [2.24, 2.45) is 0 Å². The van der Waals surface area contributed by atoms with Gasteiger partial charge in [0.05, 0.1) is 11.3 Å². The Hall–Kier alpha value is -2.11. The van der Waals surface area contributed by atoms with Gasteiger partial charge in [0.2, 0.25) is 0 Å². The number of aryl methyl sites for hydroxylation is 2. The van der Waals surface area contributed by atoms with Crippen LogP contribution in [0.25, 0.3) is 16.8 Å². The van der Waals surface area contributed by atoms with Crippen molar-refractivity contribution in [3.05, 3.63) is 46.7 Å². The van der Waals surface area contributed by atoms with Gasteiger partial charge in [0.1, 0.15) is 5.82 Å². The standard InChI is InChI=1S/C19H22ClN5/c1-13-12-17(24-10-8-23(3)9-11-24)25-19(21-13)18(14(2)22-25)15-6-4-5-7-16(15)20/h4-7,12H,8-11H2,1-3H3. The number of nitrogens with zero attached hydrogens (tertiary/aromatic N) is 5. The van der Waals surface area contributed by atoms with Gasteiger partial charge in [0, 0.05) is 48.5 Å². The van der Waals surface area contributed by atoms with Gasteiger partial charge in [-0.25, -0.2) is 4.98 Å². The zero-order valence-corrected chi connectivity index (χ0v) is 15.6. The average molecular weight is 356 g/mol. The van der Waals surface area contributed by atoms with Gasteiger partial charge in [-0.1, -0.05) is 29.8 Å². The molecule has 1 aromatic carbocycles. The van der Waals surface area contributed by atoms with E-state index in [4.69, 9.17) is 21.7 Å². The number of aromatic nitrogens is 3. The predicted octanol–water partition coefficient (Wildman–Crippen LogP) is 3.42. The van der Waals surface area contributed by atoms with Crippen LogP contribution in [0.4, 0.5) is 5.82 Å². The second kappa shape index (κ2) is 6.32. The maximum Gasteiger partial charge on any atom is 0.165 e. The number of rotatable bonds is 2. The third-order valence-corrected chi connectivity index (χ3v) is 5.17. The summed E-state index contributed by atoms with van der Waals surface area (Å²) in [6.07, 6.45) is 0. The Balaban J connectivity index is 1.90. The molecule has 0 bridgehead atoms. The van der Waals surface area contributed by atoms with E-state index in [9.17, 15) is 0 Å². The lowest BCUT2D eigenvalue weighted by molar-refractivity contribution is 0.311. The topological polar surface area (TPSA) is 36.7 Å². The lowest BCUT2D eigenvalue weighted by atomic mass is 10.1. The van der Waals surface area contributed by atoms with Crippen LogP contribution in [-0.2, 0) is 0 Å². The average Bonchev–Trinajstić information content (AvgIpc) is 2.91.